The summed E-state index contributed by atoms with van der Waals surface area (Å²) in [5.74, 6) is 1.20. The quantitative estimate of drug-likeness (QED) is 0.910. The lowest BCUT2D eigenvalue weighted by atomic mass is 10.2. The Labute approximate surface area is 117 Å². The van der Waals surface area contributed by atoms with Crippen LogP contribution in [0.4, 0.5) is 0 Å². The van der Waals surface area contributed by atoms with Gasteiger partial charge in [0.1, 0.15) is 12.0 Å². The van der Waals surface area contributed by atoms with Crippen LogP contribution in [0.5, 0.6) is 5.75 Å². The SMILES string of the molecule is COc1ccc(Cl)cc1-c1nc(CNC(C)C)co1. The van der Waals surface area contributed by atoms with E-state index in [1.165, 1.54) is 0 Å². The minimum Gasteiger partial charge on any atom is -0.496 e. The van der Waals surface area contributed by atoms with Gasteiger partial charge in [0.05, 0.1) is 18.4 Å². The molecule has 1 aromatic heterocycles. The van der Waals surface area contributed by atoms with Crippen LogP contribution in [0.2, 0.25) is 5.02 Å². The summed E-state index contributed by atoms with van der Waals surface area (Å²) in [6.07, 6.45) is 1.64. The maximum absolute atomic E-state index is 6.00. The molecule has 0 radical (unpaired) electrons. The number of ether oxygens (including phenoxy) is 1. The Morgan fingerprint density at radius 1 is 1.42 bits per heavy atom. The van der Waals surface area contributed by atoms with Crippen molar-refractivity contribution in [3.05, 3.63) is 35.2 Å². The molecule has 0 unspecified atom stereocenters. The number of aromatic nitrogens is 1. The number of hydrogen-bond acceptors (Lipinski definition) is 4. The van der Waals surface area contributed by atoms with Crippen LogP contribution >= 0.6 is 11.6 Å². The zero-order valence-corrected chi connectivity index (χ0v) is 12.0. The van der Waals surface area contributed by atoms with Crippen LogP contribution in [0.25, 0.3) is 11.5 Å². The monoisotopic (exact) mass is 280 g/mol. The molecule has 2 aromatic rings. The van der Waals surface area contributed by atoms with E-state index in [2.05, 4.69) is 24.1 Å². The lowest BCUT2D eigenvalue weighted by Crippen LogP contribution is -2.21. The van der Waals surface area contributed by atoms with E-state index < -0.39 is 0 Å². The Morgan fingerprint density at radius 3 is 2.89 bits per heavy atom. The molecular formula is C14H17ClN2O2. The van der Waals surface area contributed by atoms with Crippen molar-refractivity contribution in [2.75, 3.05) is 7.11 Å². The highest BCUT2D eigenvalue weighted by Gasteiger charge is 2.13. The average molecular weight is 281 g/mol. The fourth-order valence-corrected chi connectivity index (χ4v) is 1.84. The third-order valence-electron chi connectivity index (χ3n) is 2.64. The normalized spacial score (nSPS) is 11.0. The van der Waals surface area contributed by atoms with Crippen LogP contribution in [0.15, 0.2) is 28.9 Å². The summed E-state index contributed by atoms with van der Waals surface area (Å²) < 4.78 is 10.8. The number of hydrogen-bond donors (Lipinski definition) is 1. The molecule has 0 aliphatic heterocycles. The zero-order chi connectivity index (χ0) is 13.8. The molecule has 1 aromatic carbocycles. The third-order valence-corrected chi connectivity index (χ3v) is 2.87. The number of rotatable bonds is 5. The number of benzene rings is 1. The molecule has 1 N–H and O–H groups in total. The van der Waals surface area contributed by atoms with Crippen LogP contribution in [-0.2, 0) is 6.54 Å². The van der Waals surface area contributed by atoms with E-state index in [-0.39, 0.29) is 0 Å². The summed E-state index contributed by atoms with van der Waals surface area (Å²) in [6.45, 7) is 4.84. The van der Waals surface area contributed by atoms with Crippen molar-refractivity contribution >= 4 is 11.6 Å². The van der Waals surface area contributed by atoms with Crippen molar-refractivity contribution in [1.82, 2.24) is 10.3 Å². The molecule has 0 aliphatic carbocycles. The van der Waals surface area contributed by atoms with E-state index in [1.54, 1.807) is 31.6 Å². The van der Waals surface area contributed by atoms with E-state index in [9.17, 15) is 0 Å². The van der Waals surface area contributed by atoms with Gasteiger partial charge in [-0.25, -0.2) is 4.98 Å². The first-order chi connectivity index (χ1) is 9.10. The third kappa shape index (κ3) is 3.49. The molecule has 102 valence electrons. The van der Waals surface area contributed by atoms with E-state index in [0.29, 0.717) is 29.2 Å². The molecule has 0 saturated heterocycles. The average Bonchev–Trinajstić information content (AvgIpc) is 2.85. The van der Waals surface area contributed by atoms with E-state index in [4.69, 9.17) is 20.8 Å². The summed E-state index contributed by atoms with van der Waals surface area (Å²) >= 11 is 6.00. The largest absolute Gasteiger partial charge is 0.496 e. The van der Waals surface area contributed by atoms with Crippen LogP contribution < -0.4 is 10.1 Å². The van der Waals surface area contributed by atoms with Gasteiger partial charge in [0, 0.05) is 17.6 Å². The number of methoxy groups -OCH3 is 1. The predicted octanol–water partition coefficient (Wildman–Crippen LogP) is 3.50. The molecule has 0 spiro atoms. The van der Waals surface area contributed by atoms with Crippen molar-refractivity contribution in [3.63, 3.8) is 0 Å². The first-order valence-corrected chi connectivity index (χ1v) is 6.49. The topological polar surface area (TPSA) is 47.3 Å². The number of nitrogens with one attached hydrogen (secondary N) is 1. The smallest absolute Gasteiger partial charge is 0.230 e. The second kappa shape index (κ2) is 6.08. The standard InChI is InChI=1S/C14H17ClN2O2/c1-9(2)16-7-11-8-19-14(17-11)12-6-10(15)4-5-13(12)18-3/h4-6,8-9,16H,7H2,1-3H3. The minimum absolute atomic E-state index is 0.404. The fraction of sp³-hybridized carbons (Fsp3) is 0.357. The summed E-state index contributed by atoms with van der Waals surface area (Å²) in [5, 5.41) is 3.91. The molecular weight excluding hydrogens is 264 g/mol. The highest BCUT2D eigenvalue weighted by molar-refractivity contribution is 6.30. The Balaban J connectivity index is 2.24. The minimum atomic E-state index is 0.404. The maximum atomic E-state index is 6.00. The van der Waals surface area contributed by atoms with Gasteiger partial charge in [-0.05, 0) is 18.2 Å². The van der Waals surface area contributed by atoms with Gasteiger partial charge in [0.15, 0.2) is 0 Å². The van der Waals surface area contributed by atoms with Gasteiger partial charge in [0.2, 0.25) is 5.89 Å². The lowest BCUT2D eigenvalue weighted by Gasteiger charge is -2.05. The second-order valence-electron chi connectivity index (χ2n) is 4.52. The van der Waals surface area contributed by atoms with Crippen molar-refractivity contribution in [2.45, 2.75) is 26.4 Å². The van der Waals surface area contributed by atoms with Crippen molar-refractivity contribution < 1.29 is 9.15 Å². The molecule has 2 rings (SSSR count). The van der Waals surface area contributed by atoms with Gasteiger partial charge in [-0.15, -0.1) is 0 Å². The lowest BCUT2D eigenvalue weighted by molar-refractivity contribution is 0.414. The summed E-state index contributed by atoms with van der Waals surface area (Å²) in [4.78, 5) is 4.43. The van der Waals surface area contributed by atoms with E-state index in [1.807, 2.05) is 0 Å². The Morgan fingerprint density at radius 2 is 2.21 bits per heavy atom. The number of halogens is 1. The molecule has 0 saturated carbocycles. The van der Waals surface area contributed by atoms with E-state index in [0.717, 1.165) is 11.3 Å². The van der Waals surface area contributed by atoms with Crippen molar-refractivity contribution in [2.24, 2.45) is 0 Å². The van der Waals surface area contributed by atoms with Gasteiger partial charge >= 0.3 is 0 Å². The predicted molar refractivity (Wildman–Crippen MR) is 75.5 cm³/mol. The van der Waals surface area contributed by atoms with Crippen molar-refractivity contribution in [3.8, 4) is 17.2 Å². The van der Waals surface area contributed by atoms with Crippen molar-refractivity contribution in [1.29, 1.82) is 0 Å². The van der Waals surface area contributed by atoms with Crippen LogP contribution in [-0.4, -0.2) is 18.1 Å². The summed E-state index contributed by atoms with van der Waals surface area (Å²) in [5.41, 5.74) is 1.61. The molecule has 5 heteroatoms. The number of oxazole rings is 1. The van der Waals surface area contributed by atoms with Crippen LogP contribution in [0.3, 0.4) is 0 Å². The molecule has 0 bridgehead atoms. The maximum Gasteiger partial charge on any atom is 0.230 e. The van der Waals surface area contributed by atoms with Gasteiger partial charge in [-0.1, -0.05) is 25.4 Å². The van der Waals surface area contributed by atoms with Gasteiger partial charge in [-0.3, -0.25) is 0 Å². The summed E-state index contributed by atoms with van der Waals surface area (Å²) in [6, 6.07) is 5.76. The molecule has 0 fully saturated rings. The molecule has 19 heavy (non-hydrogen) atoms. The zero-order valence-electron chi connectivity index (χ0n) is 11.2. The first kappa shape index (κ1) is 13.9. The Hall–Kier alpha value is -1.52. The number of nitrogens with zero attached hydrogens (tertiary/aromatic N) is 1. The van der Waals surface area contributed by atoms with Crippen LogP contribution in [0.1, 0.15) is 19.5 Å². The first-order valence-electron chi connectivity index (χ1n) is 6.12. The molecule has 0 aliphatic rings. The fourth-order valence-electron chi connectivity index (χ4n) is 1.67. The highest BCUT2D eigenvalue weighted by atomic mass is 35.5. The highest BCUT2D eigenvalue weighted by Crippen LogP contribution is 2.31. The van der Waals surface area contributed by atoms with Crippen LogP contribution in [0, 0.1) is 0 Å². The van der Waals surface area contributed by atoms with Gasteiger partial charge in [0.25, 0.3) is 0 Å². The second-order valence-corrected chi connectivity index (χ2v) is 4.96. The molecule has 0 atom stereocenters. The molecule has 0 amide bonds. The van der Waals surface area contributed by atoms with E-state index >= 15 is 0 Å². The Bertz CT molecular complexity index is 552. The Kier molecular flexibility index (Phi) is 4.45. The van der Waals surface area contributed by atoms with Gasteiger partial charge in [-0.2, -0.15) is 0 Å². The molecule has 1 heterocycles. The summed E-state index contributed by atoms with van der Waals surface area (Å²) in [7, 11) is 1.61. The molecule has 4 nitrogen and oxygen atoms in total. The van der Waals surface area contributed by atoms with Gasteiger partial charge < -0.3 is 14.5 Å².